The maximum Gasteiger partial charge on any atom is 0.0271 e. The van der Waals surface area contributed by atoms with Crippen molar-refractivity contribution in [2.45, 2.75) is 32.4 Å². The van der Waals surface area contributed by atoms with Crippen LogP contribution in [-0.2, 0) is 25.9 Å². The Morgan fingerprint density at radius 3 is 1.54 bits per heavy atom. The minimum Gasteiger partial charge on any atom is -0.309 e. The zero-order valence-corrected chi connectivity index (χ0v) is 13.9. The lowest BCUT2D eigenvalue weighted by Crippen LogP contribution is -2.12. The Labute approximate surface area is 143 Å². The molecule has 24 heavy (non-hydrogen) atoms. The summed E-state index contributed by atoms with van der Waals surface area (Å²) in [5.74, 6) is 0. The number of pyridine rings is 2. The van der Waals surface area contributed by atoms with Crippen LogP contribution in [0.2, 0.25) is 0 Å². The molecule has 3 rings (SSSR count). The monoisotopic (exact) mass is 317 g/mol. The average Bonchev–Trinajstić information content (AvgIpc) is 2.65. The maximum absolute atomic E-state index is 4.06. The topological polar surface area (TPSA) is 37.8 Å². The van der Waals surface area contributed by atoms with E-state index >= 15 is 0 Å². The van der Waals surface area contributed by atoms with Crippen molar-refractivity contribution in [1.29, 1.82) is 0 Å². The molecule has 0 spiro atoms. The molecule has 0 aliphatic rings. The molecule has 0 atom stereocenters. The van der Waals surface area contributed by atoms with E-state index in [0.717, 1.165) is 25.9 Å². The molecule has 3 nitrogen and oxygen atoms in total. The van der Waals surface area contributed by atoms with E-state index < -0.39 is 0 Å². The standard InChI is InChI=1S/C21H23N3/c1(3-19-8-12-22-13-9-19)2-18-4-6-20(7-5-18)16-24-17-21-10-14-23-15-11-21/h4-15,24H,1-3,16-17H2. The molecule has 2 aromatic heterocycles. The third kappa shape index (κ3) is 5.28. The quantitative estimate of drug-likeness (QED) is 0.684. The first kappa shape index (κ1) is 16.3. The molecule has 2 heterocycles. The highest BCUT2D eigenvalue weighted by Crippen LogP contribution is 2.10. The summed E-state index contributed by atoms with van der Waals surface area (Å²) in [4.78, 5) is 8.09. The molecule has 3 aromatic rings. The molecule has 0 aliphatic heterocycles. The third-order valence-electron chi connectivity index (χ3n) is 4.11. The summed E-state index contributed by atoms with van der Waals surface area (Å²) in [6.45, 7) is 1.76. The van der Waals surface area contributed by atoms with E-state index in [1.807, 2.05) is 36.9 Å². The fourth-order valence-corrected chi connectivity index (χ4v) is 2.72. The summed E-state index contributed by atoms with van der Waals surface area (Å²) >= 11 is 0. The fraction of sp³-hybridized carbons (Fsp3) is 0.238. The SMILES string of the molecule is c1cc(CCCc2ccc(CNCc3ccncc3)cc2)ccn1. The van der Waals surface area contributed by atoms with Crippen LogP contribution in [-0.4, -0.2) is 9.97 Å². The smallest absolute Gasteiger partial charge is 0.0271 e. The first-order valence-electron chi connectivity index (χ1n) is 8.46. The van der Waals surface area contributed by atoms with Crippen LogP contribution in [0.5, 0.6) is 0 Å². The second-order valence-corrected chi connectivity index (χ2v) is 5.98. The van der Waals surface area contributed by atoms with Crippen LogP contribution >= 0.6 is 0 Å². The zero-order valence-electron chi connectivity index (χ0n) is 13.9. The van der Waals surface area contributed by atoms with Crippen LogP contribution in [0.25, 0.3) is 0 Å². The normalized spacial score (nSPS) is 10.7. The molecule has 0 unspecified atom stereocenters. The van der Waals surface area contributed by atoms with Gasteiger partial charge in [-0.3, -0.25) is 9.97 Å². The lowest BCUT2D eigenvalue weighted by molar-refractivity contribution is 0.692. The highest BCUT2D eigenvalue weighted by atomic mass is 14.8. The predicted octanol–water partition coefficient (Wildman–Crippen LogP) is 3.94. The highest BCUT2D eigenvalue weighted by molar-refractivity contribution is 5.23. The maximum atomic E-state index is 4.06. The van der Waals surface area contributed by atoms with Crippen molar-refractivity contribution in [3.63, 3.8) is 0 Å². The summed E-state index contributed by atoms with van der Waals surface area (Å²) in [5.41, 5.74) is 5.35. The molecule has 0 bridgehead atoms. The van der Waals surface area contributed by atoms with Gasteiger partial charge < -0.3 is 5.32 Å². The van der Waals surface area contributed by atoms with Crippen molar-refractivity contribution in [3.8, 4) is 0 Å². The van der Waals surface area contributed by atoms with E-state index in [9.17, 15) is 0 Å². The molecule has 1 N–H and O–H groups in total. The third-order valence-corrected chi connectivity index (χ3v) is 4.11. The Kier molecular flexibility index (Phi) is 6.09. The number of benzene rings is 1. The zero-order chi connectivity index (χ0) is 16.5. The second kappa shape index (κ2) is 8.94. The Balaban J connectivity index is 1.40. The first-order chi connectivity index (χ1) is 11.9. The van der Waals surface area contributed by atoms with Gasteiger partial charge in [0.25, 0.3) is 0 Å². The number of hydrogen-bond donors (Lipinski definition) is 1. The van der Waals surface area contributed by atoms with Gasteiger partial charge in [-0.15, -0.1) is 0 Å². The first-order valence-corrected chi connectivity index (χ1v) is 8.46. The number of nitrogens with zero attached hydrogens (tertiary/aromatic N) is 2. The van der Waals surface area contributed by atoms with Crippen molar-refractivity contribution >= 4 is 0 Å². The molecule has 0 radical (unpaired) electrons. The Morgan fingerprint density at radius 1 is 0.542 bits per heavy atom. The van der Waals surface area contributed by atoms with Crippen molar-refractivity contribution in [1.82, 2.24) is 15.3 Å². The van der Waals surface area contributed by atoms with E-state index in [2.05, 4.69) is 51.7 Å². The van der Waals surface area contributed by atoms with E-state index in [1.165, 1.54) is 28.7 Å². The number of nitrogens with one attached hydrogen (secondary N) is 1. The Morgan fingerprint density at radius 2 is 0.958 bits per heavy atom. The average molecular weight is 317 g/mol. The van der Waals surface area contributed by atoms with Gasteiger partial charge in [-0.25, -0.2) is 0 Å². The Hall–Kier alpha value is -2.52. The van der Waals surface area contributed by atoms with Crippen molar-refractivity contribution in [2.75, 3.05) is 0 Å². The molecule has 0 saturated heterocycles. The molecule has 3 heteroatoms. The predicted molar refractivity (Wildman–Crippen MR) is 97.5 cm³/mol. The van der Waals surface area contributed by atoms with Crippen LogP contribution < -0.4 is 5.32 Å². The molecule has 122 valence electrons. The van der Waals surface area contributed by atoms with Crippen LogP contribution in [0.3, 0.4) is 0 Å². The molecule has 0 aliphatic carbocycles. The molecule has 0 saturated carbocycles. The van der Waals surface area contributed by atoms with Gasteiger partial charge in [-0.05, 0) is 65.8 Å². The number of aryl methyl sites for hydroxylation is 2. The number of rotatable bonds is 8. The summed E-state index contributed by atoms with van der Waals surface area (Å²) in [6.07, 6.45) is 10.8. The van der Waals surface area contributed by atoms with Gasteiger partial charge in [-0.2, -0.15) is 0 Å². The van der Waals surface area contributed by atoms with Gasteiger partial charge in [0.1, 0.15) is 0 Å². The van der Waals surface area contributed by atoms with Crippen LogP contribution in [0, 0.1) is 0 Å². The van der Waals surface area contributed by atoms with Gasteiger partial charge in [0.05, 0.1) is 0 Å². The van der Waals surface area contributed by atoms with E-state index in [4.69, 9.17) is 0 Å². The Bertz CT molecular complexity index is 645. The summed E-state index contributed by atoms with van der Waals surface area (Å²) in [6, 6.07) is 17.2. The number of hydrogen-bond acceptors (Lipinski definition) is 3. The highest BCUT2D eigenvalue weighted by Gasteiger charge is 1.98. The van der Waals surface area contributed by atoms with Gasteiger partial charge in [0.2, 0.25) is 0 Å². The van der Waals surface area contributed by atoms with Crippen LogP contribution in [0.4, 0.5) is 0 Å². The lowest BCUT2D eigenvalue weighted by atomic mass is 10.0. The second-order valence-electron chi connectivity index (χ2n) is 5.98. The largest absolute Gasteiger partial charge is 0.309 e. The van der Waals surface area contributed by atoms with Crippen LogP contribution in [0.1, 0.15) is 28.7 Å². The van der Waals surface area contributed by atoms with Gasteiger partial charge in [-0.1, -0.05) is 24.3 Å². The summed E-state index contributed by atoms with van der Waals surface area (Å²) in [5, 5.41) is 3.47. The van der Waals surface area contributed by atoms with Gasteiger partial charge >= 0.3 is 0 Å². The minimum atomic E-state index is 0.871. The minimum absolute atomic E-state index is 0.871. The van der Waals surface area contributed by atoms with E-state index in [0.29, 0.717) is 0 Å². The van der Waals surface area contributed by atoms with Gasteiger partial charge in [0.15, 0.2) is 0 Å². The van der Waals surface area contributed by atoms with E-state index in [-0.39, 0.29) is 0 Å². The lowest BCUT2D eigenvalue weighted by Gasteiger charge is -2.07. The van der Waals surface area contributed by atoms with E-state index in [1.54, 1.807) is 0 Å². The van der Waals surface area contributed by atoms with Crippen LogP contribution in [0.15, 0.2) is 73.3 Å². The number of aromatic nitrogens is 2. The van der Waals surface area contributed by atoms with Gasteiger partial charge in [0, 0.05) is 37.9 Å². The molecular formula is C21H23N3. The molecule has 0 fully saturated rings. The summed E-state index contributed by atoms with van der Waals surface area (Å²) in [7, 11) is 0. The molecule has 0 amide bonds. The van der Waals surface area contributed by atoms with Crippen molar-refractivity contribution in [3.05, 3.63) is 95.6 Å². The van der Waals surface area contributed by atoms with Crippen molar-refractivity contribution in [2.24, 2.45) is 0 Å². The van der Waals surface area contributed by atoms with Crippen molar-refractivity contribution < 1.29 is 0 Å². The summed E-state index contributed by atoms with van der Waals surface area (Å²) < 4.78 is 0. The fourth-order valence-electron chi connectivity index (χ4n) is 2.72. The molecule has 1 aromatic carbocycles. The molecular weight excluding hydrogens is 294 g/mol.